The van der Waals surface area contributed by atoms with E-state index in [4.69, 9.17) is 28.7 Å². The van der Waals surface area contributed by atoms with Crippen molar-refractivity contribution in [3.05, 3.63) is 35.4 Å². The van der Waals surface area contributed by atoms with Gasteiger partial charge in [0.2, 0.25) is 53.2 Å². The summed E-state index contributed by atoms with van der Waals surface area (Å²) in [5.74, 6) is -6.89. The predicted molar refractivity (Wildman–Crippen MR) is 238 cm³/mol. The molecule has 360 valence electrons. The topological polar surface area (TPSA) is 420 Å². The van der Waals surface area contributed by atoms with Crippen LogP contribution in [0.25, 0.3) is 0 Å². The zero-order valence-electron chi connectivity index (χ0n) is 36.9. The fourth-order valence-electron chi connectivity index (χ4n) is 7.24. The standard InChI is InChI=1S/C41H62N16O9/c1-23(58)52-28(8-4-18-50-41(46)47)36(63)55-29-14-15-32(59)48-16-2-6-26(34(43)61)53-33(60)22-51-35(62)27(7-3-17-49-40(44)45)54-37(64)30(20-24-10-12-25(21-42)13-11-24)56-38(65)31-9-5-19-57(31)39(29)66/h10-13,26-31H,2-9,14-20,22H2,1H3,(H2,43,61)(H,48,59)(H,51,62)(H,52,58)(H,53,60)(H,54,64)(H,55,63)(H,56,65)(H4,44,45,49)(H4,46,47,50)/t26-,27-,28-,29-,30+,31-/m0/s1. The molecule has 25 heteroatoms. The first kappa shape index (κ1) is 52.8. The van der Waals surface area contributed by atoms with E-state index < -0.39 is 96.0 Å². The van der Waals surface area contributed by atoms with Crippen LogP contribution in [0.15, 0.2) is 34.3 Å². The quantitative estimate of drug-likeness (QED) is 0.0472. The molecule has 0 spiro atoms. The molecular weight excluding hydrogens is 861 g/mol. The van der Waals surface area contributed by atoms with Gasteiger partial charge in [0.1, 0.15) is 36.3 Å². The third-order valence-corrected chi connectivity index (χ3v) is 10.6. The van der Waals surface area contributed by atoms with Gasteiger partial charge in [0.25, 0.3) is 0 Å². The number of carbonyl (C=O) groups excluding carboxylic acids is 9. The van der Waals surface area contributed by atoms with Crippen LogP contribution in [0.3, 0.4) is 0 Å². The highest BCUT2D eigenvalue weighted by Gasteiger charge is 2.40. The van der Waals surface area contributed by atoms with E-state index in [2.05, 4.69) is 47.2 Å². The second kappa shape index (κ2) is 27.0. The van der Waals surface area contributed by atoms with E-state index in [1.807, 2.05) is 6.07 Å². The van der Waals surface area contributed by atoms with E-state index in [1.165, 1.54) is 24.0 Å². The number of nitrogens with zero attached hydrogens (tertiary/aromatic N) is 4. The Bertz CT molecular complexity index is 2010. The normalized spacial score (nSPS) is 22.0. The predicted octanol–water partition coefficient (Wildman–Crippen LogP) is -5.07. The van der Waals surface area contributed by atoms with Gasteiger partial charge in [0, 0.05) is 45.9 Å². The lowest BCUT2D eigenvalue weighted by atomic mass is 10.0. The van der Waals surface area contributed by atoms with Gasteiger partial charge in [-0.15, -0.1) is 0 Å². The fourth-order valence-corrected chi connectivity index (χ4v) is 7.24. The van der Waals surface area contributed by atoms with Crippen molar-refractivity contribution in [1.82, 2.24) is 42.1 Å². The van der Waals surface area contributed by atoms with Crippen LogP contribution in [0.4, 0.5) is 0 Å². The molecule has 6 atom stereocenters. The Balaban J connectivity index is 2.03. The maximum atomic E-state index is 14.5. The highest BCUT2D eigenvalue weighted by molar-refractivity contribution is 5.97. The molecule has 0 bridgehead atoms. The Morgan fingerprint density at radius 1 is 0.818 bits per heavy atom. The number of fused-ring (bicyclic) bond motifs is 1. The van der Waals surface area contributed by atoms with Crippen LogP contribution >= 0.6 is 0 Å². The van der Waals surface area contributed by atoms with Crippen molar-refractivity contribution in [2.24, 2.45) is 38.7 Å². The van der Waals surface area contributed by atoms with E-state index in [9.17, 15) is 48.4 Å². The van der Waals surface area contributed by atoms with Crippen molar-refractivity contribution in [3.63, 3.8) is 0 Å². The Labute approximate surface area is 381 Å². The van der Waals surface area contributed by atoms with E-state index in [-0.39, 0.29) is 102 Å². The smallest absolute Gasteiger partial charge is 0.245 e. The molecule has 66 heavy (non-hydrogen) atoms. The number of aliphatic imine (C=N–C) groups is 2. The fraction of sp³-hybridized carbons (Fsp3) is 0.561. The first-order valence-corrected chi connectivity index (χ1v) is 21.6. The summed E-state index contributed by atoms with van der Waals surface area (Å²) in [4.78, 5) is 130. The van der Waals surface area contributed by atoms with Crippen LogP contribution in [-0.4, -0.2) is 139 Å². The van der Waals surface area contributed by atoms with Crippen molar-refractivity contribution in [2.75, 3.05) is 32.7 Å². The summed E-state index contributed by atoms with van der Waals surface area (Å²) < 4.78 is 0. The van der Waals surface area contributed by atoms with Crippen LogP contribution in [0, 0.1) is 11.3 Å². The number of amides is 9. The number of guanidine groups is 2. The largest absolute Gasteiger partial charge is 0.370 e. The molecule has 17 N–H and O–H groups in total. The molecule has 2 saturated heterocycles. The number of benzene rings is 1. The van der Waals surface area contributed by atoms with Gasteiger partial charge < -0.3 is 70.8 Å². The van der Waals surface area contributed by atoms with Crippen molar-refractivity contribution >= 4 is 65.1 Å². The lowest BCUT2D eigenvalue weighted by Crippen LogP contribution is -2.59. The van der Waals surface area contributed by atoms with Gasteiger partial charge in [0.15, 0.2) is 11.9 Å². The second-order valence-electron chi connectivity index (χ2n) is 15.8. The highest BCUT2D eigenvalue weighted by Crippen LogP contribution is 2.21. The second-order valence-corrected chi connectivity index (χ2v) is 15.8. The third-order valence-electron chi connectivity index (χ3n) is 10.6. The lowest BCUT2D eigenvalue weighted by Gasteiger charge is -2.31. The summed E-state index contributed by atoms with van der Waals surface area (Å²) >= 11 is 0. The molecule has 2 aliphatic heterocycles. The average molecular weight is 923 g/mol. The molecule has 1 aromatic rings. The summed E-state index contributed by atoms with van der Waals surface area (Å²) in [5.41, 5.74) is 28.1. The monoisotopic (exact) mass is 922 g/mol. The van der Waals surface area contributed by atoms with Crippen molar-refractivity contribution in [2.45, 2.75) is 114 Å². The third kappa shape index (κ3) is 18.3. The van der Waals surface area contributed by atoms with Gasteiger partial charge >= 0.3 is 0 Å². The maximum Gasteiger partial charge on any atom is 0.245 e. The number of rotatable bonds is 14. The van der Waals surface area contributed by atoms with Crippen LogP contribution in [-0.2, 0) is 49.6 Å². The number of primary amides is 1. The van der Waals surface area contributed by atoms with E-state index in [0.717, 1.165) is 0 Å². The summed E-state index contributed by atoms with van der Waals surface area (Å²) in [7, 11) is 0. The van der Waals surface area contributed by atoms with Crippen molar-refractivity contribution in [3.8, 4) is 6.07 Å². The molecule has 0 saturated carbocycles. The SMILES string of the molecule is CC(=O)N[C@@H](CCCN=C(N)N)C(=O)N[C@H]1CCC(=O)NCCC[C@@H](C(N)=O)NC(=O)CNC(=O)[C@H](CCCN=C(N)N)NC(=O)[C@@H](Cc2ccc(C#N)cc2)NC(=O)[C@@H]2CCCN2C1=O. The average Bonchev–Trinajstić information content (AvgIpc) is 3.77. The number of nitrogens with two attached hydrogens (primary N) is 5. The summed E-state index contributed by atoms with van der Waals surface area (Å²) in [6, 6.07) is 0.723. The minimum Gasteiger partial charge on any atom is -0.370 e. The number of nitriles is 1. The summed E-state index contributed by atoms with van der Waals surface area (Å²) in [6.07, 6.45) is 0.536. The Kier molecular flexibility index (Phi) is 21.6. The van der Waals surface area contributed by atoms with E-state index >= 15 is 0 Å². The summed E-state index contributed by atoms with van der Waals surface area (Å²) in [5, 5.41) is 27.5. The van der Waals surface area contributed by atoms with Gasteiger partial charge in [-0.2, -0.15) is 5.26 Å². The molecular formula is C41H62N16O9. The van der Waals surface area contributed by atoms with E-state index in [1.54, 1.807) is 12.1 Å². The highest BCUT2D eigenvalue weighted by atomic mass is 16.2. The Morgan fingerprint density at radius 3 is 2.12 bits per heavy atom. The summed E-state index contributed by atoms with van der Waals surface area (Å²) in [6.45, 7) is 0.916. The maximum absolute atomic E-state index is 14.5. The number of nitrogens with one attached hydrogen (secondary N) is 7. The van der Waals surface area contributed by atoms with Crippen LogP contribution in [0.1, 0.15) is 82.3 Å². The molecule has 0 unspecified atom stereocenters. The minimum absolute atomic E-state index is 0.00165. The van der Waals surface area contributed by atoms with Crippen molar-refractivity contribution < 1.29 is 43.2 Å². The van der Waals surface area contributed by atoms with Crippen LogP contribution < -0.4 is 65.9 Å². The number of carbonyl (C=O) groups is 9. The zero-order valence-corrected chi connectivity index (χ0v) is 36.9. The molecule has 2 aliphatic rings. The molecule has 3 rings (SSSR count). The Hall–Kier alpha value is -7.52. The molecule has 2 heterocycles. The first-order valence-electron chi connectivity index (χ1n) is 21.6. The zero-order chi connectivity index (χ0) is 48.8. The van der Waals surface area contributed by atoms with Crippen molar-refractivity contribution in [1.29, 1.82) is 5.26 Å². The molecule has 0 aromatic heterocycles. The molecule has 2 fully saturated rings. The van der Waals surface area contributed by atoms with Crippen LogP contribution in [0.5, 0.6) is 0 Å². The van der Waals surface area contributed by atoms with Gasteiger partial charge in [0.05, 0.1) is 18.2 Å². The molecule has 25 nitrogen and oxygen atoms in total. The van der Waals surface area contributed by atoms with Gasteiger partial charge in [-0.1, -0.05) is 12.1 Å². The Morgan fingerprint density at radius 2 is 1.48 bits per heavy atom. The van der Waals surface area contributed by atoms with Crippen LogP contribution in [0.2, 0.25) is 0 Å². The lowest BCUT2D eigenvalue weighted by molar-refractivity contribution is -0.143. The molecule has 0 radical (unpaired) electrons. The first-order chi connectivity index (χ1) is 31.4. The van der Waals surface area contributed by atoms with Gasteiger partial charge in [-0.05, 0) is 75.5 Å². The number of hydrogen-bond acceptors (Lipinski definition) is 12. The number of hydrogen-bond donors (Lipinski definition) is 12. The van der Waals surface area contributed by atoms with Gasteiger partial charge in [-0.3, -0.25) is 53.1 Å². The minimum atomic E-state index is -1.38. The van der Waals surface area contributed by atoms with E-state index in [0.29, 0.717) is 17.5 Å². The molecule has 9 amide bonds. The molecule has 1 aromatic carbocycles. The molecule has 0 aliphatic carbocycles. The van der Waals surface area contributed by atoms with Gasteiger partial charge in [-0.25, -0.2) is 0 Å².